The molecule has 0 bridgehead atoms. The van der Waals surface area contributed by atoms with E-state index >= 15 is 0 Å². The van der Waals surface area contributed by atoms with E-state index in [-0.39, 0.29) is 0 Å². The molecule has 0 aromatic heterocycles. The maximum absolute atomic E-state index is 2.40. The summed E-state index contributed by atoms with van der Waals surface area (Å²) in [6.07, 6.45) is 8.70. The lowest BCUT2D eigenvalue weighted by Crippen LogP contribution is -2.28. The topological polar surface area (TPSA) is 3.24 Å². The highest BCUT2D eigenvalue weighted by molar-refractivity contribution is 4.67. The molecule has 1 nitrogen and oxygen atoms in total. The van der Waals surface area contributed by atoms with Gasteiger partial charge in [0.25, 0.3) is 0 Å². The smallest absolute Gasteiger partial charge is 0.00192 e. The zero-order valence-electron chi connectivity index (χ0n) is 11.8. The van der Waals surface area contributed by atoms with Crippen LogP contribution in [-0.2, 0) is 0 Å². The van der Waals surface area contributed by atoms with Crippen LogP contribution < -0.4 is 0 Å². The van der Waals surface area contributed by atoms with Crippen LogP contribution >= 0.6 is 0 Å². The second-order valence-electron chi connectivity index (χ2n) is 6.22. The molecule has 2 unspecified atom stereocenters. The van der Waals surface area contributed by atoms with E-state index in [1.165, 1.54) is 51.6 Å². The summed E-state index contributed by atoms with van der Waals surface area (Å²) in [5.74, 6) is 2.98. The summed E-state index contributed by atoms with van der Waals surface area (Å²) in [7, 11) is 2.20. The van der Waals surface area contributed by atoms with Gasteiger partial charge in [-0.3, -0.25) is 0 Å². The van der Waals surface area contributed by atoms with Gasteiger partial charge in [-0.25, -0.2) is 0 Å². The van der Waals surface area contributed by atoms with Gasteiger partial charge in [-0.05, 0) is 50.7 Å². The van der Waals surface area contributed by atoms with Gasteiger partial charge in [-0.1, -0.05) is 46.5 Å². The molecule has 1 heteroatoms. The Bertz CT molecular complexity index is 150. The Morgan fingerprint density at radius 3 is 1.50 bits per heavy atom. The van der Waals surface area contributed by atoms with Crippen LogP contribution in [-0.4, -0.2) is 25.0 Å². The molecule has 2 aliphatic rings. The van der Waals surface area contributed by atoms with Crippen LogP contribution in [0.3, 0.4) is 0 Å². The number of likely N-dealkylation sites (tertiary alicyclic amines) is 1. The van der Waals surface area contributed by atoms with Crippen molar-refractivity contribution in [2.24, 2.45) is 17.8 Å². The summed E-state index contributed by atoms with van der Waals surface area (Å²) in [4.78, 5) is 2.40. The molecule has 96 valence electrons. The van der Waals surface area contributed by atoms with E-state index in [4.69, 9.17) is 0 Å². The molecule has 1 heterocycles. The summed E-state index contributed by atoms with van der Waals surface area (Å²) in [6.45, 7) is 9.71. The van der Waals surface area contributed by atoms with Crippen molar-refractivity contribution in [2.45, 2.75) is 59.3 Å². The number of rotatable bonds is 0. The lowest BCUT2D eigenvalue weighted by Gasteiger charge is -2.26. The summed E-state index contributed by atoms with van der Waals surface area (Å²) >= 11 is 0. The Hall–Kier alpha value is -0.0400. The Morgan fingerprint density at radius 1 is 0.750 bits per heavy atom. The minimum Gasteiger partial charge on any atom is -0.306 e. The van der Waals surface area contributed by atoms with Crippen LogP contribution in [0.2, 0.25) is 0 Å². The van der Waals surface area contributed by atoms with Crippen LogP contribution in [0.15, 0.2) is 0 Å². The van der Waals surface area contributed by atoms with Gasteiger partial charge >= 0.3 is 0 Å². The molecule has 1 aliphatic heterocycles. The zero-order valence-corrected chi connectivity index (χ0v) is 11.8. The molecule has 2 atom stereocenters. The molecule has 1 aliphatic carbocycles. The molecule has 2 rings (SSSR count). The van der Waals surface area contributed by atoms with Crippen LogP contribution in [0, 0.1) is 17.8 Å². The van der Waals surface area contributed by atoms with Gasteiger partial charge in [0.15, 0.2) is 0 Å². The molecule has 1 saturated carbocycles. The van der Waals surface area contributed by atoms with Gasteiger partial charge in [0.1, 0.15) is 0 Å². The number of hydrogen-bond donors (Lipinski definition) is 0. The number of nitrogens with zero attached hydrogens (tertiary/aromatic N) is 1. The van der Waals surface area contributed by atoms with Crippen molar-refractivity contribution in [3.05, 3.63) is 0 Å². The maximum atomic E-state index is 2.40. The molecule has 0 amide bonds. The first-order valence-corrected chi connectivity index (χ1v) is 7.28. The van der Waals surface area contributed by atoms with Gasteiger partial charge in [0, 0.05) is 0 Å². The van der Waals surface area contributed by atoms with Crippen molar-refractivity contribution in [2.75, 3.05) is 20.1 Å². The fraction of sp³-hybridized carbons (Fsp3) is 1.00. The first-order valence-electron chi connectivity index (χ1n) is 7.28. The fourth-order valence-corrected chi connectivity index (χ4v) is 2.64. The van der Waals surface area contributed by atoms with E-state index in [0.717, 1.165) is 17.8 Å². The largest absolute Gasteiger partial charge is 0.306 e. The predicted octanol–water partition coefficient (Wildman–Crippen LogP) is 4.18. The molecule has 0 N–H and O–H groups in total. The lowest BCUT2D eigenvalue weighted by atomic mass is 9.82. The predicted molar refractivity (Wildman–Crippen MR) is 72.7 cm³/mol. The van der Waals surface area contributed by atoms with Gasteiger partial charge in [-0.2, -0.15) is 0 Å². The highest BCUT2D eigenvalue weighted by Crippen LogP contribution is 2.28. The minimum atomic E-state index is 0.978. The fourth-order valence-electron chi connectivity index (χ4n) is 2.64. The molecule has 16 heavy (non-hydrogen) atoms. The Kier molecular flexibility index (Phi) is 6.41. The highest BCUT2D eigenvalue weighted by Gasteiger charge is 2.15. The number of piperidine rings is 1. The molecule has 0 radical (unpaired) electrons. The van der Waals surface area contributed by atoms with Gasteiger partial charge in [0.2, 0.25) is 0 Å². The molecule has 0 aromatic rings. The normalized spacial score (nSPS) is 33.0. The first-order chi connectivity index (χ1) is 7.59. The lowest BCUT2D eigenvalue weighted by molar-refractivity contribution is 0.230. The van der Waals surface area contributed by atoms with E-state index in [1.54, 1.807) is 0 Å². The van der Waals surface area contributed by atoms with E-state index in [2.05, 4.69) is 32.7 Å². The van der Waals surface area contributed by atoms with Crippen LogP contribution in [0.25, 0.3) is 0 Å². The van der Waals surface area contributed by atoms with Crippen LogP contribution in [0.1, 0.15) is 59.3 Å². The van der Waals surface area contributed by atoms with E-state index < -0.39 is 0 Å². The molecule has 1 saturated heterocycles. The summed E-state index contributed by atoms with van der Waals surface area (Å²) in [6, 6.07) is 0. The summed E-state index contributed by atoms with van der Waals surface area (Å²) < 4.78 is 0. The zero-order chi connectivity index (χ0) is 12.0. The van der Waals surface area contributed by atoms with Crippen molar-refractivity contribution in [1.82, 2.24) is 4.90 Å². The first kappa shape index (κ1) is 14.0. The quantitative estimate of drug-likeness (QED) is 0.598. The van der Waals surface area contributed by atoms with Gasteiger partial charge in [0.05, 0.1) is 0 Å². The third kappa shape index (κ3) is 5.34. The van der Waals surface area contributed by atoms with Crippen molar-refractivity contribution < 1.29 is 0 Å². The van der Waals surface area contributed by atoms with Crippen molar-refractivity contribution in [1.29, 1.82) is 0 Å². The van der Waals surface area contributed by atoms with Crippen LogP contribution in [0.5, 0.6) is 0 Å². The second kappa shape index (κ2) is 7.32. The van der Waals surface area contributed by atoms with E-state index in [1.807, 2.05) is 0 Å². The minimum absolute atomic E-state index is 0.978. The molecule has 0 aromatic carbocycles. The third-order valence-corrected chi connectivity index (χ3v) is 4.55. The van der Waals surface area contributed by atoms with Crippen molar-refractivity contribution >= 4 is 0 Å². The van der Waals surface area contributed by atoms with Crippen molar-refractivity contribution in [3.8, 4) is 0 Å². The molecule has 2 fully saturated rings. The van der Waals surface area contributed by atoms with Gasteiger partial charge in [-0.15, -0.1) is 0 Å². The standard InChI is InChI=1S/C8H16.C7H15N/c1-7-5-3-4-6-8(7)2;1-7-3-5-8(2)6-4-7/h7-8H,3-6H2,1-2H3;7H,3-6H2,1-2H3. The van der Waals surface area contributed by atoms with E-state index in [0.29, 0.717) is 0 Å². The van der Waals surface area contributed by atoms with Gasteiger partial charge < -0.3 is 4.90 Å². The van der Waals surface area contributed by atoms with Crippen molar-refractivity contribution in [3.63, 3.8) is 0 Å². The molecule has 0 spiro atoms. The Labute approximate surface area is 103 Å². The third-order valence-electron chi connectivity index (χ3n) is 4.55. The summed E-state index contributed by atoms with van der Waals surface area (Å²) in [5.41, 5.74) is 0. The monoisotopic (exact) mass is 225 g/mol. The van der Waals surface area contributed by atoms with Crippen LogP contribution in [0.4, 0.5) is 0 Å². The second-order valence-corrected chi connectivity index (χ2v) is 6.22. The average Bonchev–Trinajstić information content (AvgIpc) is 2.28. The Balaban J connectivity index is 0.000000160. The SMILES string of the molecule is CC1CCCCC1C.CC1CCN(C)CC1. The average molecular weight is 225 g/mol. The highest BCUT2D eigenvalue weighted by atomic mass is 15.1. The molecular weight excluding hydrogens is 194 g/mol. The maximum Gasteiger partial charge on any atom is -0.00192 e. The Morgan fingerprint density at radius 2 is 1.19 bits per heavy atom. The van der Waals surface area contributed by atoms with E-state index in [9.17, 15) is 0 Å². The summed E-state index contributed by atoms with van der Waals surface area (Å²) in [5, 5.41) is 0. The molecular formula is C15H31N. The number of hydrogen-bond acceptors (Lipinski definition) is 1.